The lowest BCUT2D eigenvalue weighted by atomic mass is 10.0. The van der Waals surface area contributed by atoms with Crippen molar-refractivity contribution in [2.24, 2.45) is 17.3 Å². The van der Waals surface area contributed by atoms with Gasteiger partial charge in [-0.1, -0.05) is 0 Å². The number of rotatable bonds is 5. The number of amides is 1. The number of alkyl halides is 3. The number of fused-ring (bicyclic) bond motifs is 1. The van der Waals surface area contributed by atoms with Gasteiger partial charge in [0.05, 0.1) is 5.69 Å². The molecule has 12 heteroatoms. The predicted octanol–water partition coefficient (Wildman–Crippen LogP) is 4.22. The van der Waals surface area contributed by atoms with Gasteiger partial charge in [-0.2, -0.15) is 15.5 Å². The van der Waals surface area contributed by atoms with Gasteiger partial charge in [-0.15, -0.1) is 23.4 Å². The number of nitriles is 2. The molecule has 0 radical (unpaired) electrons. The number of anilines is 2. The molecular weight excluding hydrogens is 425 g/mol. The van der Waals surface area contributed by atoms with E-state index in [4.69, 9.17) is 10.5 Å². The Hall–Kier alpha value is -3.93. The van der Waals surface area contributed by atoms with Crippen molar-refractivity contribution < 1.29 is 18.0 Å². The van der Waals surface area contributed by atoms with Gasteiger partial charge >= 0.3 is 6.30 Å². The molecule has 1 aromatic heterocycles. The molecule has 32 heavy (non-hydrogen) atoms. The first-order valence-electron chi connectivity index (χ1n) is 9.77. The Balaban J connectivity index is 2.18. The van der Waals surface area contributed by atoms with Crippen LogP contribution < -0.4 is 9.80 Å². The third-order valence-electron chi connectivity index (χ3n) is 5.19. The van der Waals surface area contributed by atoms with Gasteiger partial charge in [0.2, 0.25) is 6.41 Å². The van der Waals surface area contributed by atoms with Crippen LogP contribution in [0.15, 0.2) is 22.4 Å². The molecule has 0 N–H and O–H groups in total. The minimum absolute atomic E-state index is 0.0491. The molecule has 0 saturated heterocycles. The van der Waals surface area contributed by atoms with Crippen LogP contribution in [-0.4, -0.2) is 35.4 Å². The van der Waals surface area contributed by atoms with Gasteiger partial charge < -0.3 is 9.47 Å². The summed E-state index contributed by atoms with van der Waals surface area (Å²) in [7, 11) is 1.44. The fourth-order valence-corrected chi connectivity index (χ4v) is 3.58. The molecule has 0 unspecified atom stereocenters. The Morgan fingerprint density at radius 1 is 1.25 bits per heavy atom. The zero-order valence-electron chi connectivity index (χ0n) is 17.4. The fourth-order valence-electron chi connectivity index (χ4n) is 3.58. The maximum atomic E-state index is 13.6. The molecule has 0 spiro atoms. The van der Waals surface area contributed by atoms with E-state index >= 15 is 0 Å². The van der Waals surface area contributed by atoms with Gasteiger partial charge in [0.15, 0.2) is 11.4 Å². The number of hydrogen-bond donors (Lipinski definition) is 0. The van der Waals surface area contributed by atoms with Crippen LogP contribution in [0.3, 0.4) is 0 Å². The maximum absolute atomic E-state index is 13.6. The number of hydrogen-bond acceptors (Lipinski definition) is 7. The number of carbonyl (C=O) groups is 1. The van der Waals surface area contributed by atoms with Crippen molar-refractivity contribution in [1.29, 1.82) is 10.5 Å². The van der Waals surface area contributed by atoms with E-state index < -0.39 is 12.0 Å². The number of nitrogens with zero attached hydrogens (tertiary/aromatic N) is 8. The summed E-state index contributed by atoms with van der Waals surface area (Å²) in [5.74, 6) is -0.126. The van der Waals surface area contributed by atoms with Crippen molar-refractivity contribution >= 4 is 29.4 Å². The molecule has 1 aromatic carbocycles. The van der Waals surface area contributed by atoms with Crippen molar-refractivity contribution in [2.75, 3.05) is 22.9 Å². The lowest BCUT2D eigenvalue weighted by Crippen LogP contribution is -2.37. The number of imidazole rings is 1. The summed E-state index contributed by atoms with van der Waals surface area (Å²) in [6.45, 7) is 3.20. The lowest BCUT2D eigenvalue weighted by molar-refractivity contribution is -0.141. The standard InChI is InChI=1S/C20H19F3N8O/c1-3-30-7-5-4-6-13-8-14(17(9-16(13)30)31(12-32)20(21,22)23)27-28-19-26-15(10-24)18(11-25)29(19)2/h8-9,12H,3-7H2,1-2H3. The van der Waals surface area contributed by atoms with E-state index in [1.807, 2.05) is 17.9 Å². The zero-order chi connectivity index (χ0) is 23.5. The highest BCUT2D eigenvalue weighted by Gasteiger charge is 2.39. The Morgan fingerprint density at radius 3 is 2.56 bits per heavy atom. The van der Waals surface area contributed by atoms with Crippen LogP contribution in [0.2, 0.25) is 0 Å². The number of benzene rings is 1. The molecule has 0 atom stereocenters. The highest BCUT2D eigenvalue weighted by molar-refractivity contribution is 5.86. The number of carbonyl (C=O) groups excluding carboxylic acids is 1. The first kappa shape index (κ1) is 22.7. The van der Waals surface area contributed by atoms with E-state index in [0.717, 1.165) is 18.4 Å². The summed E-state index contributed by atoms with van der Waals surface area (Å²) in [5.41, 5.74) is 0.550. The first-order valence-corrected chi connectivity index (χ1v) is 9.77. The van der Waals surface area contributed by atoms with Crippen molar-refractivity contribution in [3.05, 3.63) is 29.1 Å². The summed E-state index contributed by atoms with van der Waals surface area (Å²) in [4.78, 5) is 16.9. The maximum Gasteiger partial charge on any atom is 0.491 e. The topological polar surface area (TPSA) is 114 Å². The number of aryl methyl sites for hydroxylation is 1. The van der Waals surface area contributed by atoms with Crippen molar-refractivity contribution in [3.8, 4) is 12.1 Å². The van der Waals surface area contributed by atoms with E-state index in [0.29, 0.717) is 25.2 Å². The van der Waals surface area contributed by atoms with Crippen LogP contribution in [0.1, 0.15) is 36.7 Å². The third-order valence-corrected chi connectivity index (χ3v) is 5.19. The van der Waals surface area contributed by atoms with Gasteiger partial charge in [0, 0.05) is 25.8 Å². The average molecular weight is 444 g/mol. The van der Waals surface area contributed by atoms with Crippen LogP contribution >= 0.6 is 0 Å². The summed E-state index contributed by atoms with van der Waals surface area (Å²) >= 11 is 0. The molecule has 166 valence electrons. The molecule has 1 aliphatic heterocycles. The molecule has 0 aliphatic carbocycles. The van der Waals surface area contributed by atoms with E-state index in [2.05, 4.69) is 15.2 Å². The predicted molar refractivity (Wildman–Crippen MR) is 109 cm³/mol. The Morgan fingerprint density at radius 2 is 2.00 bits per heavy atom. The van der Waals surface area contributed by atoms with Crippen molar-refractivity contribution in [2.45, 2.75) is 32.5 Å². The summed E-state index contributed by atoms with van der Waals surface area (Å²) in [6, 6.07) is 6.37. The van der Waals surface area contributed by atoms with Gasteiger partial charge in [0.1, 0.15) is 17.8 Å². The first-order chi connectivity index (χ1) is 15.2. The minimum atomic E-state index is -4.97. The van der Waals surface area contributed by atoms with Crippen LogP contribution in [0.4, 0.5) is 36.2 Å². The molecular formula is C20H19F3N8O. The molecule has 0 bridgehead atoms. The summed E-state index contributed by atoms with van der Waals surface area (Å²) in [5, 5.41) is 26.1. The average Bonchev–Trinajstić information content (AvgIpc) is 2.92. The SMILES string of the molecule is CCN1CCCCc2cc(N=Nc3nc(C#N)c(C#N)n3C)c(N(C=O)C(F)(F)F)cc21. The van der Waals surface area contributed by atoms with Gasteiger partial charge in [-0.3, -0.25) is 4.79 Å². The fraction of sp³-hybridized carbons (Fsp3) is 0.400. The van der Waals surface area contributed by atoms with E-state index in [1.54, 1.807) is 6.07 Å². The third kappa shape index (κ3) is 4.25. The quantitative estimate of drug-likeness (QED) is 0.389. The Bertz CT molecular complexity index is 1140. The van der Waals surface area contributed by atoms with E-state index in [-0.39, 0.29) is 34.3 Å². The summed E-state index contributed by atoms with van der Waals surface area (Å²) < 4.78 is 41.9. The summed E-state index contributed by atoms with van der Waals surface area (Å²) in [6.07, 6.45) is -2.90. The van der Waals surface area contributed by atoms with Crippen LogP contribution in [-0.2, 0) is 18.3 Å². The molecule has 2 heterocycles. The van der Waals surface area contributed by atoms with Crippen molar-refractivity contribution in [1.82, 2.24) is 9.55 Å². The second-order valence-corrected chi connectivity index (χ2v) is 7.04. The number of halogens is 3. The number of aromatic nitrogens is 2. The van der Waals surface area contributed by atoms with Gasteiger partial charge in [0.25, 0.3) is 5.95 Å². The Kier molecular flexibility index (Phi) is 6.44. The lowest BCUT2D eigenvalue weighted by Gasteiger charge is -2.27. The smallest absolute Gasteiger partial charge is 0.372 e. The van der Waals surface area contributed by atoms with Crippen LogP contribution in [0.5, 0.6) is 0 Å². The Labute approximate surface area is 182 Å². The largest absolute Gasteiger partial charge is 0.491 e. The highest BCUT2D eigenvalue weighted by atomic mass is 19.4. The molecule has 9 nitrogen and oxygen atoms in total. The second-order valence-electron chi connectivity index (χ2n) is 7.04. The van der Waals surface area contributed by atoms with Gasteiger partial charge in [-0.25, -0.2) is 4.90 Å². The minimum Gasteiger partial charge on any atom is -0.372 e. The molecule has 0 fully saturated rings. The molecule has 2 aromatic rings. The van der Waals surface area contributed by atoms with Crippen molar-refractivity contribution in [3.63, 3.8) is 0 Å². The molecule has 1 aliphatic rings. The van der Waals surface area contributed by atoms with Crippen LogP contribution in [0.25, 0.3) is 0 Å². The van der Waals surface area contributed by atoms with E-state index in [9.17, 15) is 18.0 Å². The molecule has 1 amide bonds. The zero-order valence-corrected chi connectivity index (χ0v) is 17.4. The van der Waals surface area contributed by atoms with Gasteiger partial charge in [-0.05, 0) is 43.9 Å². The second kappa shape index (κ2) is 9.06. The molecule has 0 saturated carbocycles. The molecule has 3 rings (SSSR count). The normalized spacial score (nSPS) is 13.9. The highest BCUT2D eigenvalue weighted by Crippen LogP contribution is 2.41. The van der Waals surface area contributed by atoms with Crippen LogP contribution in [0, 0.1) is 22.7 Å². The monoisotopic (exact) mass is 444 g/mol. The number of azo groups is 1. The van der Waals surface area contributed by atoms with E-state index in [1.165, 1.54) is 23.7 Å².